The van der Waals surface area contributed by atoms with Crippen LogP contribution in [0.3, 0.4) is 0 Å². The summed E-state index contributed by atoms with van der Waals surface area (Å²) in [7, 11) is 0. The van der Waals surface area contributed by atoms with Crippen LogP contribution in [0.25, 0.3) is 0 Å². The lowest BCUT2D eigenvalue weighted by Gasteiger charge is -2.15. The zero-order valence-electron chi connectivity index (χ0n) is 9.48. The van der Waals surface area contributed by atoms with Gasteiger partial charge in [-0.05, 0) is 19.1 Å². The van der Waals surface area contributed by atoms with Crippen molar-refractivity contribution in [2.24, 2.45) is 5.16 Å². The summed E-state index contributed by atoms with van der Waals surface area (Å²) in [6.07, 6.45) is -7.24. The van der Waals surface area contributed by atoms with Crippen LogP contribution in [0.4, 0.5) is 13.2 Å². The molecule has 0 bridgehead atoms. The van der Waals surface area contributed by atoms with Crippen LogP contribution in [-0.2, 0) is 0 Å². The molecular formula is C11H12F3NO3. The van der Waals surface area contributed by atoms with Crippen molar-refractivity contribution in [1.29, 1.82) is 0 Å². The van der Waals surface area contributed by atoms with Crippen LogP contribution in [0.1, 0.15) is 12.5 Å². The fourth-order valence-corrected chi connectivity index (χ4v) is 1.14. The first-order valence-corrected chi connectivity index (χ1v) is 5.01. The fourth-order valence-electron chi connectivity index (χ4n) is 1.14. The van der Waals surface area contributed by atoms with Gasteiger partial charge in [-0.3, -0.25) is 0 Å². The van der Waals surface area contributed by atoms with Gasteiger partial charge < -0.3 is 15.1 Å². The van der Waals surface area contributed by atoms with Gasteiger partial charge >= 0.3 is 6.18 Å². The van der Waals surface area contributed by atoms with E-state index in [9.17, 15) is 13.2 Å². The van der Waals surface area contributed by atoms with Crippen molar-refractivity contribution in [2.45, 2.75) is 19.2 Å². The third-order valence-electron chi connectivity index (χ3n) is 2.19. The van der Waals surface area contributed by atoms with E-state index in [2.05, 4.69) is 5.16 Å². The minimum Gasteiger partial charge on any atom is -0.491 e. The number of halogens is 3. The number of ether oxygens (including phenoxy) is 1. The summed E-state index contributed by atoms with van der Waals surface area (Å²) >= 11 is 0. The zero-order chi connectivity index (χ0) is 13.8. The van der Waals surface area contributed by atoms with E-state index in [4.69, 9.17) is 15.1 Å². The maximum atomic E-state index is 12.0. The van der Waals surface area contributed by atoms with Crippen LogP contribution in [-0.4, -0.2) is 34.9 Å². The molecule has 0 aliphatic rings. The molecule has 1 rings (SSSR count). The highest BCUT2D eigenvalue weighted by molar-refractivity contribution is 5.98. The van der Waals surface area contributed by atoms with E-state index in [1.807, 2.05) is 0 Å². The van der Waals surface area contributed by atoms with Gasteiger partial charge in [0, 0.05) is 5.56 Å². The highest BCUT2D eigenvalue weighted by Crippen LogP contribution is 2.21. The molecular weight excluding hydrogens is 251 g/mol. The molecule has 0 aromatic heterocycles. The molecule has 0 radical (unpaired) electrons. The summed E-state index contributed by atoms with van der Waals surface area (Å²) in [5.74, 6) is 0.152. The summed E-state index contributed by atoms with van der Waals surface area (Å²) < 4.78 is 40.9. The maximum Gasteiger partial charge on any atom is 0.417 e. The Bertz CT molecular complexity index is 432. The van der Waals surface area contributed by atoms with Gasteiger partial charge in [-0.15, -0.1) is 0 Å². The number of benzene rings is 1. The first kappa shape index (κ1) is 14.3. The second-order valence-electron chi connectivity index (χ2n) is 3.58. The summed E-state index contributed by atoms with van der Waals surface area (Å²) in [5.41, 5.74) is 0.813. The molecule has 0 fully saturated rings. The molecule has 2 N–H and O–H groups in total. The Morgan fingerprint density at radius 1 is 1.44 bits per heavy atom. The molecule has 0 spiro atoms. The SMILES string of the molecule is CC(=NO)c1cccc(OCC(O)C(F)(F)F)c1. The Hall–Kier alpha value is -1.76. The van der Waals surface area contributed by atoms with E-state index >= 15 is 0 Å². The van der Waals surface area contributed by atoms with Crippen LogP contribution in [0.2, 0.25) is 0 Å². The van der Waals surface area contributed by atoms with Crippen LogP contribution in [0, 0.1) is 0 Å². The molecule has 0 saturated heterocycles. The van der Waals surface area contributed by atoms with Gasteiger partial charge in [0.05, 0.1) is 5.71 Å². The molecule has 1 aromatic carbocycles. The lowest BCUT2D eigenvalue weighted by molar-refractivity contribution is -0.210. The minimum atomic E-state index is -4.71. The van der Waals surface area contributed by atoms with Crippen LogP contribution < -0.4 is 4.74 Å². The minimum absolute atomic E-state index is 0.152. The van der Waals surface area contributed by atoms with Crippen LogP contribution in [0.15, 0.2) is 29.4 Å². The van der Waals surface area contributed by atoms with E-state index in [0.717, 1.165) is 0 Å². The van der Waals surface area contributed by atoms with Crippen molar-refractivity contribution in [3.8, 4) is 5.75 Å². The average Bonchev–Trinajstić information content (AvgIpc) is 2.34. The Balaban J connectivity index is 2.69. The summed E-state index contributed by atoms with van der Waals surface area (Å²) in [6.45, 7) is 0.645. The first-order chi connectivity index (χ1) is 8.34. The normalized spacial score (nSPS) is 14.4. The van der Waals surface area contributed by atoms with Gasteiger partial charge in [-0.2, -0.15) is 13.2 Å². The third-order valence-corrected chi connectivity index (χ3v) is 2.19. The number of oxime groups is 1. The molecule has 0 aliphatic carbocycles. The van der Waals surface area contributed by atoms with Crippen molar-refractivity contribution in [3.63, 3.8) is 0 Å². The van der Waals surface area contributed by atoms with Gasteiger partial charge in [0.15, 0.2) is 6.10 Å². The smallest absolute Gasteiger partial charge is 0.417 e. The largest absolute Gasteiger partial charge is 0.491 e. The van der Waals surface area contributed by atoms with E-state index in [1.54, 1.807) is 12.1 Å². The molecule has 0 aliphatic heterocycles. The lowest BCUT2D eigenvalue weighted by atomic mass is 10.1. The molecule has 18 heavy (non-hydrogen) atoms. The molecule has 1 aromatic rings. The lowest BCUT2D eigenvalue weighted by Crippen LogP contribution is -2.34. The highest BCUT2D eigenvalue weighted by atomic mass is 19.4. The monoisotopic (exact) mass is 263 g/mol. The number of nitrogens with zero attached hydrogens (tertiary/aromatic N) is 1. The highest BCUT2D eigenvalue weighted by Gasteiger charge is 2.38. The summed E-state index contributed by atoms with van der Waals surface area (Å²) in [5, 5.41) is 20.3. The standard InChI is InChI=1S/C11H12F3NO3/c1-7(15-17)8-3-2-4-9(5-8)18-6-10(16)11(12,13)14/h2-5,10,16-17H,6H2,1H3. The summed E-state index contributed by atoms with van der Waals surface area (Å²) in [6, 6.07) is 6.01. The van der Waals surface area contributed by atoms with Gasteiger partial charge in [-0.25, -0.2) is 0 Å². The second kappa shape index (κ2) is 5.72. The number of aliphatic hydroxyl groups excluding tert-OH is 1. The van der Waals surface area contributed by atoms with Crippen LogP contribution >= 0.6 is 0 Å². The molecule has 0 saturated carbocycles. The Morgan fingerprint density at radius 2 is 2.11 bits per heavy atom. The Kier molecular flexibility index (Phi) is 4.55. The van der Waals surface area contributed by atoms with Gasteiger partial charge in [0.2, 0.25) is 0 Å². The van der Waals surface area contributed by atoms with Gasteiger partial charge in [0.1, 0.15) is 12.4 Å². The molecule has 0 heterocycles. The fraction of sp³-hybridized carbons (Fsp3) is 0.364. The molecule has 1 unspecified atom stereocenters. The molecule has 0 amide bonds. The van der Waals surface area contributed by atoms with Gasteiger partial charge in [-0.1, -0.05) is 17.3 Å². The topological polar surface area (TPSA) is 62.1 Å². The van der Waals surface area contributed by atoms with Crippen molar-refractivity contribution < 1.29 is 28.2 Å². The van der Waals surface area contributed by atoms with E-state index in [-0.39, 0.29) is 5.75 Å². The van der Waals surface area contributed by atoms with Crippen molar-refractivity contribution in [3.05, 3.63) is 29.8 Å². The quantitative estimate of drug-likeness (QED) is 0.497. The van der Waals surface area contributed by atoms with Crippen LogP contribution in [0.5, 0.6) is 5.75 Å². The number of alkyl halides is 3. The van der Waals surface area contributed by atoms with Gasteiger partial charge in [0.25, 0.3) is 0 Å². The number of hydrogen-bond acceptors (Lipinski definition) is 4. The second-order valence-corrected chi connectivity index (χ2v) is 3.58. The summed E-state index contributed by atoms with van der Waals surface area (Å²) in [4.78, 5) is 0. The third kappa shape index (κ3) is 3.92. The van der Waals surface area contributed by atoms with E-state index < -0.39 is 18.9 Å². The van der Waals surface area contributed by atoms with Crippen molar-refractivity contribution in [2.75, 3.05) is 6.61 Å². The predicted molar refractivity (Wildman–Crippen MR) is 58.0 cm³/mol. The molecule has 7 heteroatoms. The average molecular weight is 263 g/mol. The Morgan fingerprint density at radius 3 is 2.67 bits per heavy atom. The molecule has 4 nitrogen and oxygen atoms in total. The van der Waals surface area contributed by atoms with E-state index in [0.29, 0.717) is 11.3 Å². The Labute approximate surface area is 101 Å². The van der Waals surface area contributed by atoms with Crippen molar-refractivity contribution >= 4 is 5.71 Å². The first-order valence-electron chi connectivity index (χ1n) is 5.01. The number of rotatable bonds is 4. The predicted octanol–water partition coefficient (Wildman–Crippen LogP) is 2.19. The molecule has 1 atom stereocenters. The zero-order valence-corrected chi connectivity index (χ0v) is 9.48. The van der Waals surface area contributed by atoms with Crippen molar-refractivity contribution in [1.82, 2.24) is 0 Å². The molecule has 100 valence electrons. The maximum absolute atomic E-state index is 12.0. The van der Waals surface area contributed by atoms with E-state index in [1.165, 1.54) is 19.1 Å². The number of hydrogen-bond donors (Lipinski definition) is 2. The number of aliphatic hydroxyl groups is 1.